The molecule has 4 aromatic rings. The smallest absolute Gasteiger partial charge is 0.459 e. The second kappa shape index (κ2) is 10.6. The van der Waals surface area contributed by atoms with Gasteiger partial charge in [-0.15, -0.1) is 0 Å². The minimum absolute atomic E-state index is 0.0103. The number of fused-ring (bicyclic) bond motifs is 1. The molecular formula is C26H25F5N8O4. The van der Waals surface area contributed by atoms with E-state index in [1.54, 1.807) is 19.2 Å². The summed E-state index contributed by atoms with van der Waals surface area (Å²) in [7, 11) is 2.96. The molecule has 2 fully saturated rings. The first-order valence-corrected chi connectivity index (χ1v) is 13.2. The van der Waals surface area contributed by atoms with Crippen LogP contribution in [-0.4, -0.2) is 61.7 Å². The third-order valence-corrected chi connectivity index (χ3v) is 7.09. The number of aryl methyl sites for hydroxylation is 1. The molecule has 0 bridgehead atoms. The number of ether oxygens (including phenoxy) is 3. The molecular weight excluding hydrogens is 583 g/mol. The standard InChI is InChI=1S/C26H25F5N8O4/c1-38-20-21(41-2)16(43-15-5-7-32-18(9-15)34-23(40)13-3-4-13)11-33-22(20)36-24(38)35-19-10-17(25(27,28)26(29,30)31)39(37-19)14-6-8-42-12-14/h5,7,9-11,13-14H,3-4,6,8,12H2,1-2H3,(H,32,34,40)(H,33,35,36,37)/t14-/m1/s1. The van der Waals surface area contributed by atoms with Gasteiger partial charge >= 0.3 is 12.1 Å². The summed E-state index contributed by atoms with van der Waals surface area (Å²) < 4.78 is 87.7. The third kappa shape index (κ3) is 5.39. The maximum atomic E-state index is 14.5. The summed E-state index contributed by atoms with van der Waals surface area (Å²) in [5.41, 5.74) is -0.803. The van der Waals surface area contributed by atoms with Crippen molar-refractivity contribution in [3.8, 4) is 17.2 Å². The molecule has 0 radical (unpaired) electrons. The van der Waals surface area contributed by atoms with Crippen LogP contribution in [0, 0.1) is 5.92 Å². The van der Waals surface area contributed by atoms with Crippen molar-refractivity contribution in [2.24, 2.45) is 13.0 Å². The van der Waals surface area contributed by atoms with Crippen LogP contribution in [0.3, 0.4) is 0 Å². The largest absolute Gasteiger partial charge is 0.491 e. The Balaban J connectivity index is 1.30. The molecule has 1 aliphatic heterocycles. The number of methoxy groups -OCH3 is 1. The van der Waals surface area contributed by atoms with Gasteiger partial charge in [0.05, 0.1) is 26.0 Å². The van der Waals surface area contributed by atoms with Crippen LogP contribution in [0.2, 0.25) is 0 Å². The normalized spacial score (nSPS) is 17.3. The lowest BCUT2D eigenvalue weighted by atomic mass is 10.2. The third-order valence-electron chi connectivity index (χ3n) is 7.09. The number of amides is 1. The first-order chi connectivity index (χ1) is 20.5. The minimum atomic E-state index is -5.83. The van der Waals surface area contributed by atoms with Crippen LogP contribution in [0.15, 0.2) is 30.6 Å². The molecule has 5 heterocycles. The van der Waals surface area contributed by atoms with Crippen molar-refractivity contribution in [2.45, 2.75) is 37.4 Å². The summed E-state index contributed by atoms with van der Waals surface area (Å²) >= 11 is 0. The zero-order valence-corrected chi connectivity index (χ0v) is 22.8. The molecule has 2 N–H and O–H groups in total. The number of pyridine rings is 2. The monoisotopic (exact) mass is 608 g/mol. The molecule has 1 aliphatic carbocycles. The van der Waals surface area contributed by atoms with Gasteiger partial charge in [0.15, 0.2) is 23.0 Å². The molecule has 1 saturated heterocycles. The summed E-state index contributed by atoms with van der Waals surface area (Å²) in [6.45, 7) is 0.158. The molecule has 0 spiro atoms. The molecule has 1 atom stereocenters. The Morgan fingerprint density at radius 1 is 1.12 bits per heavy atom. The summed E-state index contributed by atoms with van der Waals surface area (Å²) in [6, 6.07) is 2.97. The van der Waals surface area contributed by atoms with Crippen molar-refractivity contribution in [1.29, 1.82) is 0 Å². The van der Waals surface area contributed by atoms with Crippen molar-refractivity contribution in [1.82, 2.24) is 29.3 Å². The van der Waals surface area contributed by atoms with Crippen LogP contribution in [-0.2, 0) is 22.5 Å². The van der Waals surface area contributed by atoms with Gasteiger partial charge in [-0.1, -0.05) is 0 Å². The van der Waals surface area contributed by atoms with Gasteiger partial charge < -0.3 is 29.4 Å². The van der Waals surface area contributed by atoms with Crippen molar-refractivity contribution in [3.63, 3.8) is 0 Å². The Bertz CT molecular complexity index is 1680. The number of rotatable bonds is 9. The molecule has 12 nitrogen and oxygen atoms in total. The highest BCUT2D eigenvalue weighted by molar-refractivity contribution is 5.93. The number of carbonyl (C=O) groups is 1. The molecule has 228 valence electrons. The fourth-order valence-corrected chi connectivity index (χ4v) is 4.69. The molecule has 2 aliphatic rings. The van der Waals surface area contributed by atoms with E-state index in [4.69, 9.17) is 14.2 Å². The van der Waals surface area contributed by atoms with Gasteiger partial charge in [-0.2, -0.15) is 32.0 Å². The van der Waals surface area contributed by atoms with Crippen molar-refractivity contribution < 1.29 is 41.0 Å². The van der Waals surface area contributed by atoms with E-state index in [-0.39, 0.29) is 60.4 Å². The molecule has 1 amide bonds. The number of hydrogen-bond acceptors (Lipinski definition) is 9. The highest BCUT2D eigenvalue weighted by Crippen LogP contribution is 2.46. The minimum Gasteiger partial charge on any atom is -0.491 e. The average molecular weight is 609 g/mol. The van der Waals surface area contributed by atoms with E-state index in [0.29, 0.717) is 27.8 Å². The number of hydrogen-bond donors (Lipinski definition) is 2. The number of halogens is 5. The average Bonchev–Trinajstić information content (AvgIpc) is 3.35. The second-order valence-electron chi connectivity index (χ2n) is 10.1. The van der Waals surface area contributed by atoms with Gasteiger partial charge in [0.25, 0.3) is 0 Å². The predicted octanol–water partition coefficient (Wildman–Crippen LogP) is 5.07. The second-order valence-corrected chi connectivity index (χ2v) is 10.1. The van der Waals surface area contributed by atoms with E-state index >= 15 is 0 Å². The summed E-state index contributed by atoms with van der Waals surface area (Å²) in [5, 5.41) is 9.48. The highest BCUT2D eigenvalue weighted by atomic mass is 19.4. The maximum absolute atomic E-state index is 14.5. The summed E-state index contributed by atoms with van der Waals surface area (Å²) in [4.78, 5) is 24.9. The lowest BCUT2D eigenvalue weighted by molar-refractivity contribution is -0.292. The molecule has 1 saturated carbocycles. The lowest BCUT2D eigenvalue weighted by Crippen LogP contribution is -2.36. The van der Waals surface area contributed by atoms with Gasteiger partial charge in [-0.05, 0) is 25.3 Å². The summed E-state index contributed by atoms with van der Waals surface area (Å²) in [6.07, 6.45) is -1.10. The number of carbonyl (C=O) groups excluding carboxylic acids is 1. The van der Waals surface area contributed by atoms with E-state index < -0.39 is 23.8 Å². The Morgan fingerprint density at radius 3 is 2.58 bits per heavy atom. The van der Waals surface area contributed by atoms with E-state index in [9.17, 15) is 26.7 Å². The van der Waals surface area contributed by atoms with Crippen molar-refractivity contribution >= 4 is 34.7 Å². The van der Waals surface area contributed by atoms with Gasteiger partial charge in [0, 0.05) is 37.9 Å². The predicted molar refractivity (Wildman–Crippen MR) is 141 cm³/mol. The van der Waals surface area contributed by atoms with Crippen molar-refractivity contribution in [2.75, 3.05) is 31.0 Å². The first-order valence-electron chi connectivity index (χ1n) is 13.2. The van der Waals surface area contributed by atoms with E-state index in [2.05, 4.69) is 30.7 Å². The number of nitrogens with one attached hydrogen (secondary N) is 2. The number of anilines is 3. The van der Waals surface area contributed by atoms with Crippen LogP contribution < -0.4 is 20.1 Å². The number of alkyl halides is 5. The zero-order valence-electron chi connectivity index (χ0n) is 22.8. The van der Waals surface area contributed by atoms with Crippen LogP contribution in [0.5, 0.6) is 17.2 Å². The Labute approximate surface area is 240 Å². The van der Waals surface area contributed by atoms with E-state index in [1.165, 1.54) is 24.1 Å². The summed E-state index contributed by atoms with van der Waals surface area (Å²) in [5.74, 6) is -4.47. The van der Waals surface area contributed by atoms with E-state index in [1.807, 2.05) is 0 Å². The molecule has 43 heavy (non-hydrogen) atoms. The maximum Gasteiger partial charge on any atom is 0.459 e. The molecule has 0 aromatic carbocycles. The SMILES string of the molecule is COc1c(Oc2ccnc(NC(=O)C3CC3)c2)cnc2nc(Nc3cc(C(F)(F)C(F)(F)F)n([C@@H]4CCOC4)n3)n(C)c12. The number of nitrogens with zero attached hydrogens (tertiary/aromatic N) is 6. The van der Waals surface area contributed by atoms with Crippen LogP contribution in [0.25, 0.3) is 11.2 Å². The van der Waals surface area contributed by atoms with E-state index in [0.717, 1.165) is 12.8 Å². The van der Waals surface area contributed by atoms with Gasteiger partial charge in [-0.25, -0.2) is 9.97 Å². The Hall–Kier alpha value is -4.54. The lowest BCUT2D eigenvalue weighted by Gasteiger charge is -2.22. The first kappa shape index (κ1) is 28.6. The quantitative estimate of drug-likeness (QED) is 0.250. The zero-order chi connectivity index (χ0) is 30.5. The molecule has 4 aromatic heterocycles. The molecule has 6 rings (SSSR count). The van der Waals surface area contributed by atoms with Gasteiger partial charge in [0.1, 0.15) is 22.8 Å². The van der Waals surface area contributed by atoms with Gasteiger partial charge in [0.2, 0.25) is 11.9 Å². The topological polar surface area (TPSA) is 130 Å². The fraction of sp³-hybridized carbons (Fsp3) is 0.423. The Kier molecular flexibility index (Phi) is 7.06. The number of aromatic nitrogens is 6. The molecule has 17 heteroatoms. The van der Waals surface area contributed by atoms with Gasteiger partial charge in [-0.3, -0.25) is 9.48 Å². The van der Waals surface area contributed by atoms with Crippen LogP contribution in [0.1, 0.15) is 31.0 Å². The Morgan fingerprint density at radius 2 is 1.91 bits per heavy atom. The fourth-order valence-electron chi connectivity index (χ4n) is 4.69. The van der Waals surface area contributed by atoms with Crippen LogP contribution in [0.4, 0.5) is 39.5 Å². The van der Waals surface area contributed by atoms with Crippen molar-refractivity contribution in [3.05, 3.63) is 36.3 Å². The molecule has 0 unspecified atom stereocenters. The number of imidazole rings is 1. The highest BCUT2D eigenvalue weighted by Gasteiger charge is 2.61. The van der Waals surface area contributed by atoms with Crippen LogP contribution >= 0.6 is 0 Å².